The molecule has 0 unspecified atom stereocenters. The Hall–Kier alpha value is -1.23. The van der Waals surface area contributed by atoms with Crippen LogP contribution in [0.25, 0.3) is 0 Å². The molecule has 0 aliphatic carbocycles. The number of ether oxygens (including phenoxy) is 2. The number of aliphatic hydroxyl groups is 1. The van der Waals surface area contributed by atoms with Crippen molar-refractivity contribution < 1.29 is 14.6 Å². The molecule has 106 valence electrons. The fraction of sp³-hybridized carbons (Fsp3) is 0.200. The Morgan fingerprint density at radius 3 is 2.55 bits per heavy atom. The molecule has 0 fully saturated rings. The summed E-state index contributed by atoms with van der Waals surface area (Å²) in [4.78, 5) is 0. The lowest BCUT2D eigenvalue weighted by Crippen LogP contribution is -1.99. The van der Waals surface area contributed by atoms with Gasteiger partial charge in [0.1, 0.15) is 18.1 Å². The summed E-state index contributed by atoms with van der Waals surface area (Å²) in [6.45, 7) is 0.349. The molecule has 3 nitrogen and oxygen atoms in total. The van der Waals surface area contributed by atoms with E-state index in [2.05, 4.69) is 15.9 Å². The van der Waals surface area contributed by atoms with E-state index in [1.54, 1.807) is 13.2 Å². The lowest BCUT2D eigenvalue weighted by molar-refractivity contribution is 0.280. The minimum atomic E-state index is 0.000988. The van der Waals surface area contributed by atoms with Crippen molar-refractivity contribution >= 4 is 27.5 Å². The van der Waals surface area contributed by atoms with Crippen LogP contribution in [0, 0.1) is 0 Å². The Labute approximate surface area is 131 Å². The second kappa shape index (κ2) is 6.97. The van der Waals surface area contributed by atoms with Crippen LogP contribution in [-0.2, 0) is 13.2 Å². The van der Waals surface area contributed by atoms with Gasteiger partial charge >= 0.3 is 0 Å². The highest BCUT2D eigenvalue weighted by Crippen LogP contribution is 2.29. The Morgan fingerprint density at radius 2 is 1.90 bits per heavy atom. The van der Waals surface area contributed by atoms with E-state index in [1.807, 2.05) is 30.3 Å². The third-order valence-electron chi connectivity index (χ3n) is 2.80. The molecule has 0 heterocycles. The summed E-state index contributed by atoms with van der Waals surface area (Å²) >= 11 is 9.40. The zero-order chi connectivity index (χ0) is 14.5. The molecule has 0 aromatic heterocycles. The standard InChI is InChI=1S/C15H14BrClO3/c1-19-14-5-3-12(17)7-11(14)9-20-15-4-2-10(8-18)6-13(15)16/h2-7,18H,8-9H2,1H3. The second-order valence-electron chi connectivity index (χ2n) is 4.17. The highest BCUT2D eigenvalue weighted by molar-refractivity contribution is 9.10. The van der Waals surface area contributed by atoms with Crippen molar-refractivity contribution in [1.29, 1.82) is 0 Å². The quantitative estimate of drug-likeness (QED) is 0.872. The molecule has 0 saturated carbocycles. The fourth-order valence-electron chi connectivity index (χ4n) is 1.78. The van der Waals surface area contributed by atoms with Gasteiger partial charge in [-0.3, -0.25) is 0 Å². The van der Waals surface area contributed by atoms with Crippen LogP contribution in [0.4, 0.5) is 0 Å². The van der Waals surface area contributed by atoms with E-state index < -0.39 is 0 Å². The predicted molar refractivity (Wildman–Crippen MR) is 82.4 cm³/mol. The molecule has 5 heteroatoms. The molecule has 2 aromatic rings. The molecular weight excluding hydrogens is 344 g/mol. The molecule has 0 aliphatic rings. The molecule has 2 rings (SSSR count). The van der Waals surface area contributed by atoms with Crippen molar-refractivity contribution in [1.82, 2.24) is 0 Å². The number of benzene rings is 2. The maximum atomic E-state index is 9.07. The van der Waals surface area contributed by atoms with Gasteiger partial charge in [-0.05, 0) is 51.8 Å². The minimum absolute atomic E-state index is 0.000988. The predicted octanol–water partition coefficient (Wildman–Crippen LogP) is 4.18. The van der Waals surface area contributed by atoms with Crippen molar-refractivity contribution in [2.45, 2.75) is 13.2 Å². The van der Waals surface area contributed by atoms with Crippen molar-refractivity contribution in [3.05, 3.63) is 57.0 Å². The summed E-state index contributed by atoms with van der Waals surface area (Å²) in [6, 6.07) is 10.9. The minimum Gasteiger partial charge on any atom is -0.496 e. The lowest BCUT2D eigenvalue weighted by atomic mass is 10.2. The zero-order valence-corrected chi connectivity index (χ0v) is 13.2. The first-order chi connectivity index (χ1) is 9.63. The van der Waals surface area contributed by atoms with Gasteiger partial charge in [0.2, 0.25) is 0 Å². The van der Waals surface area contributed by atoms with E-state index in [0.717, 1.165) is 21.3 Å². The van der Waals surface area contributed by atoms with Gasteiger partial charge in [-0.15, -0.1) is 0 Å². The van der Waals surface area contributed by atoms with Crippen LogP contribution in [-0.4, -0.2) is 12.2 Å². The molecule has 0 saturated heterocycles. The number of hydrogen-bond donors (Lipinski definition) is 1. The summed E-state index contributed by atoms with van der Waals surface area (Å²) in [5.74, 6) is 1.43. The number of hydrogen-bond acceptors (Lipinski definition) is 3. The van der Waals surface area contributed by atoms with Gasteiger partial charge in [0.05, 0.1) is 18.2 Å². The normalized spacial score (nSPS) is 10.4. The van der Waals surface area contributed by atoms with Crippen LogP contribution in [0.15, 0.2) is 40.9 Å². The maximum absolute atomic E-state index is 9.07. The number of rotatable bonds is 5. The van der Waals surface area contributed by atoms with Crippen LogP contribution in [0.1, 0.15) is 11.1 Å². The van der Waals surface area contributed by atoms with Gasteiger partial charge in [-0.2, -0.15) is 0 Å². The molecule has 2 aromatic carbocycles. The Morgan fingerprint density at radius 1 is 1.15 bits per heavy atom. The fourth-order valence-corrected chi connectivity index (χ4v) is 2.51. The molecule has 20 heavy (non-hydrogen) atoms. The summed E-state index contributed by atoms with van der Waals surface area (Å²) in [7, 11) is 1.61. The van der Waals surface area contributed by atoms with Crippen molar-refractivity contribution in [3.63, 3.8) is 0 Å². The first-order valence-corrected chi connectivity index (χ1v) is 7.15. The molecule has 0 bridgehead atoms. The third kappa shape index (κ3) is 3.66. The van der Waals surface area contributed by atoms with Crippen molar-refractivity contribution in [2.24, 2.45) is 0 Å². The average Bonchev–Trinajstić information content (AvgIpc) is 2.46. The zero-order valence-electron chi connectivity index (χ0n) is 10.9. The van der Waals surface area contributed by atoms with E-state index >= 15 is 0 Å². The van der Waals surface area contributed by atoms with E-state index in [9.17, 15) is 0 Å². The number of aliphatic hydroxyl groups excluding tert-OH is 1. The SMILES string of the molecule is COc1ccc(Cl)cc1COc1ccc(CO)cc1Br. The highest BCUT2D eigenvalue weighted by atomic mass is 79.9. The summed E-state index contributed by atoms with van der Waals surface area (Å²) in [6.07, 6.45) is 0. The Bertz CT molecular complexity index is 602. The lowest BCUT2D eigenvalue weighted by Gasteiger charge is -2.12. The summed E-state index contributed by atoms with van der Waals surface area (Å²) in [5, 5.41) is 9.70. The monoisotopic (exact) mass is 356 g/mol. The third-order valence-corrected chi connectivity index (χ3v) is 3.66. The second-order valence-corrected chi connectivity index (χ2v) is 5.46. The molecule has 0 atom stereocenters. The van der Waals surface area contributed by atoms with Gasteiger partial charge in [-0.25, -0.2) is 0 Å². The maximum Gasteiger partial charge on any atom is 0.134 e. The smallest absolute Gasteiger partial charge is 0.134 e. The number of methoxy groups -OCH3 is 1. The van der Waals surface area contributed by atoms with E-state index in [0.29, 0.717) is 17.4 Å². The molecular formula is C15H14BrClO3. The van der Waals surface area contributed by atoms with Gasteiger partial charge in [0, 0.05) is 10.6 Å². The average molecular weight is 358 g/mol. The van der Waals surface area contributed by atoms with E-state index in [1.165, 1.54) is 0 Å². The van der Waals surface area contributed by atoms with Gasteiger partial charge in [0.25, 0.3) is 0 Å². The topological polar surface area (TPSA) is 38.7 Å². The van der Waals surface area contributed by atoms with Crippen LogP contribution >= 0.6 is 27.5 Å². The van der Waals surface area contributed by atoms with Gasteiger partial charge in [0.15, 0.2) is 0 Å². The molecule has 0 amide bonds. The molecule has 1 N–H and O–H groups in total. The van der Waals surface area contributed by atoms with E-state index in [-0.39, 0.29) is 6.61 Å². The van der Waals surface area contributed by atoms with E-state index in [4.69, 9.17) is 26.2 Å². The van der Waals surface area contributed by atoms with Gasteiger partial charge in [-0.1, -0.05) is 17.7 Å². The van der Waals surface area contributed by atoms with Crippen molar-refractivity contribution in [3.8, 4) is 11.5 Å². The number of halogens is 2. The molecule has 0 radical (unpaired) electrons. The Balaban J connectivity index is 2.14. The van der Waals surface area contributed by atoms with Crippen LogP contribution in [0.5, 0.6) is 11.5 Å². The largest absolute Gasteiger partial charge is 0.496 e. The highest BCUT2D eigenvalue weighted by Gasteiger charge is 2.07. The summed E-state index contributed by atoms with van der Waals surface area (Å²) < 4.78 is 11.8. The Kier molecular flexibility index (Phi) is 5.29. The molecule has 0 spiro atoms. The van der Waals surface area contributed by atoms with Crippen LogP contribution in [0.2, 0.25) is 5.02 Å². The summed E-state index contributed by atoms with van der Waals surface area (Å²) in [5.41, 5.74) is 1.70. The first-order valence-electron chi connectivity index (χ1n) is 5.98. The van der Waals surface area contributed by atoms with Crippen LogP contribution < -0.4 is 9.47 Å². The van der Waals surface area contributed by atoms with Crippen LogP contribution in [0.3, 0.4) is 0 Å². The molecule has 0 aliphatic heterocycles. The first kappa shape index (κ1) is 15.2. The van der Waals surface area contributed by atoms with Crippen molar-refractivity contribution in [2.75, 3.05) is 7.11 Å². The van der Waals surface area contributed by atoms with Gasteiger partial charge < -0.3 is 14.6 Å².